The molecule has 4 heteroatoms. The van der Waals surface area contributed by atoms with E-state index in [9.17, 15) is 8.42 Å². The standard InChI is InChI=1S/C5H10NO2S/c6-5-2-1-3-9(7,8)4-5/h2,5H,1,3-4,6H2. The summed E-state index contributed by atoms with van der Waals surface area (Å²) >= 11 is 0. The molecule has 1 saturated heterocycles. The molecule has 3 nitrogen and oxygen atoms in total. The predicted molar refractivity (Wildman–Crippen MR) is 35.5 cm³/mol. The first-order chi connectivity index (χ1) is 4.10. The molecule has 0 aromatic rings. The van der Waals surface area contributed by atoms with Gasteiger partial charge >= 0.3 is 0 Å². The van der Waals surface area contributed by atoms with Crippen LogP contribution in [0.3, 0.4) is 0 Å². The monoisotopic (exact) mass is 148 g/mol. The van der Waals surface area contributed by atoms with E-state index in [1.165, 1.54) is 0 Å². The Labute approximate surface area is 55.2 Å². The van der Waals surface area contributed by atoms with Crippen LogP contribution in [0.15, 0.2) is 0 Å². The van der Waals surface area contributed by atoms with Gasteiger partial charge in [-0.2, -0.15) is 0 Å². The Bertz CT molecular complexity index is 185. The summed E-state index contributed by atoms with van der Waals surface area (Å²) in [6.45, 7) is 0. The fraction of sp³-hybridized carbons (Fsp3) is 0.800. The van der Waals surface area contributed by atoms with Crippen molar-refractivity contribution in [3.8, 4) is 0 Å². The van der Waals surface area contributed by atoms with Gasteiger partial charge in [-0.15, -0.1) is 0 Å². The van der Waals surface area contributed by atoms with Crippen molar-refractivity contribution in [1.29, 1.82) is 0 Å². The molecule has 0 bridgehead atoms. The normalized spacial score (nSPS) is 34.1. The van der Waals surface area contributed by atoms with Crippen molar-refractivity contribution in [3.05, 3.63) is 6.42 Å². The van der Waals surface area contributed by atoms with Crippen molar-refractivity contribution in [2.24, 2.45) is 5.73 Å². The molecule has 2 N–H and O–H groups in total. The lowest BCUT2D eigenvalue weighted by Gasteiger charge is -2.16. The molecule has 0 amide bonds. The maximum atomic E-state index is 10.8. The lowest BCUT2D eigenvalue weighted by Crippen LogP contribution is -2.35. The minimum absolute atomic E-state index is 0.132. The number of sulfone groups is 1. The first kappa shape index (κ1) is 7.02. The SMILES string of the molecule is NC1[CH]CCS(=O)(=O)C1. The molecule has 0 spiro atoms. The Balaban J connectivity index is 2.62. The highest BCUT2D eigenvalue weighted by Gasteiger charge is 2.21. The minimum Gasteiger partial charge on any atom is -0.327 e. The molecule has 0 aromatic carbocycles. The van der Waals surface area contributed by atoms with Crippen LogP contribution >= 0.6 is 0 Å². The molecule has 1 atom stereocenters. The lowest BCUT2D eigenvalue weighted by molar-refractivity contribution is 0.580. The van der Waals surface area contributed by atoms with E-state index >= 15 is 0 Å². The van der Waals surface area contributed by atoms with Gasteiger partial charge in [0.1, 0.15) is 0 Å². The molecular formula is C5H10NO2S. The smallest absolute Gasteiger partial charge is 0.151 e. The van der Waals surface area contributed by atoms with Gasteiger partial charge in [-0.05, 0) is 12.8 Å². The highest BCUT2D eigenvalue weighted by atomic mass is 32.2. The summed E-state index contributed by atoms with van der Waals surface area (Å²) < 4.78 is 21.5. The molecule has 9 heavy (non-hydrogen) atoms. The topological polar surface area (TPSA) is 60.2 Å². The van der Waals surface area contributed by atoms with Crippen LogP contribution in [0.25, 0.3) is 0 Å². The van der Waals surface area contributed by atoms with Gasteiger partial charge in [0, 0.05) is 6.04 Å². The summed E-state index contributed by atoms with van der Waals surface area (Å²) in [7, 11) is -2.79. The Kier molecular flexibility index (Phi) is 1.77. The van der Waals surface area contributed by atoms with Crippen molar-refractivity contribution in [1.82, 2.24) is 0 Å². The van der Waals surface area contributed by atoms with E-state index in [4.69, 9.17) is 5.73 Å². The van der Waals surface area contributed by atoms with E-state index in [-0.39, 0.29) is 17.5 Å². The second kappa shape index (κ2) is 2.27. The van der Waals surface area contributed by atoms with Crippen LogP contribution < -0.4 is 5.73 Å². The van der Waals surface area contributed by atoms with Crippen LogP contribution in [0.2, 0.25) is 0 Å². The summed E-state index contributed by atoms with van der Waals surface area (Å²) in [4.78, 5) is 0. The molecule has 1 unspecified atom stereocenters. The third kappa shape index (κ3) is 1.95. The van der Waals surface area contributed by atoms with Crippen molar-refractivity contribution in [3.63, 3.8) is 0 Å². The Morgan fingerprint density at radius 3 is 2.56 bits per heavy atom. The Hall–Kier alpha value is -0.0900. The Morgan fingerprint density at radius 2 is 2.22 bits per heavy atom. The van der Waals surface area contributed by atoms with Crippen LogP contribution in [0.5, 0.6) is 0 Å². The van der Waals surface area contributed by atoms with Crippen LogP contribution in [0.1, 0.15) is 6.42 Å². The summed E-state index contributed by atoms with van der Waals surface area (Å²) in [6.07, 6.45) is 2.46. The third-order valence-corrected chi connectivity index (χ3v) is 3.10. The van der Waals surface area contributed by atoms with E-state index in [1.807, 2.05) is 6.42 Å². The Morgan fingerprint density at radius 1 is 1.56 bits per heavy atom. The maximum absolute atomic E-state index is 10.8. The molecule has 1 fully saturated rings. The minimum atomic E-state index is -2.79. The number of hydrogen-bond donors (Lipinski definition) is 1. The second-order valence-corrected chi connectivity index (χ2v) is 4.53. The number of nitrogens with two attached hydrogens (primary N) is 1. The molecule has 53 valence electrons. The van der Waals surface area contributed by atoms with Crippen LogP contribution in [-0.2, 0) is 9.84 Å². The first-order valence-corrected chi connectivity index (χ1v) is 4.72. The molecule has 0 aliphatic carbocycles. The van der Waals surface area contributed by atoms with Crippen LogP contribution in [0.4, 0.5) is 0 Å². The fourth-order valence-corrected chi connectivity index (χ4v) is 2.29. The van der Waals surface area contributed by atoms with E-state index in [2.05, 4.69) is 0 Å². The van der Waals surface area contributed by atoms with E-state index in [1.54, 1.807) is 0 Å². The van der Waals surface area contributed by atoms with Gasteiger partial charge in [-0.3, -0.25) is 0 Å². The van der Waals surface area contributed by atoms with Crippen molar-refractivity contribution in [2.75, 3.05) is 11.5 Å². The summed E-state index contributed by atoms with van der Waals surface area (Å²) in [6, 6.07) is -0.233. The van der Waals surface area contributed by atoms with Crippen molar-refractivity contribution >= 4 is 9.84 Å². The van der Waals surface area contributed by atoms with Gasteiger partial charge in [0.05, 0.1) is 11.5 Å². The van der Waals surface area contributed by atoms with E-state index in [0.717, 1.165) is 0 Å². The van der Waals surface area contributed by atoms with Crippen molar-refractivity contribution in [2.45, 2.75) is 12.5 Å². The van der Waals surface area contributed by atoms with Gasteiger partial charge < -0.3 is 5.73 Å². The van der Waals surface area contributed by atoms with Gasteiger partial charge in [-0.25, -0.2) is 8.42 Å². The molecule has 1 aliphatic rings. The molecule has 1 radical (unpaired) electrons. The quantitative estimate of drug-likeness (QED) is 0.496. The zero-order chi connectivity index (χ0) is 6.91. The van der Waals surface area contributed by atoms with Gasteiger partial charge in [0.15, 0.2) is 9.84 Å². The van der Waals surface area contributed by atoms with Crippen LogP contribution in [-0.4, -0.2) is 26.0 Å². The van der Waals surface area contributed by atoms with Gasteiger partial charge in [0.2, 0.25) is 0 Å². The zero-order valence-electron chi connectivity index (χ0n) is 5.08. The predicted octanol–water partition coefficient (Wildman–Crippen LogP) is -0.664. The van der Waals surface area contributed by atoms with Crippen LogP contribution in [0, 0.1) is 6.42 Å². The third-order valence-electron chi connectivity index (χ3n) is 1.34. The summed E-state index contributed by atoms with van der Waals surface area (Å²) in [5.41, 5.74) is 5.38. The largest absolute Gasteiger partial charge is 0.327 e. The molecular weight excluding hydrogens is 138 g/mol. The molecule has 1 aliphatic heterocycles. The first-order valence-electron chi connectivity index (χ1n) is 2.89. The van der Waals surface area contributed by atoms with Crippen molar-refractivity contribution < 1.29 is 8.42 Å². The van der Waals surface area contributed by atoms with E-state index in [0.29, 0.717) is 6.42 Å². The molecule has 1 heterocycles. The van der Waals surface area contributed by atoms with Gasteiger partial charge in [-0.1, -0.05) is 0 Å². The highest BCUT2D eigenvalue weighted by Crippen LogP contribution is 2.08. The summed E-state index contributed by atoms with van der Waals surface area (Å²) in [5.74, 6) is 0.410. The molecule has 0 saturated carbocycles. The average Bonchev–Trinajstić information content (AvgIpc) is 1.60. The fourth-order valence-electron chi connectivity index (χ4n) is 0.906. The van der Waals surface area contributed by atoms with Gasteiger partial charge in [0.25, 0.3) is 0 Å². The lowest BCUT2D eigenvalue weighted by atomic mass is 10.2. The summed E-state index contributed by atoms with van der Waals surface area (Å²) in [5, 5.41) is 0. The van der Waals surface area contributed by atoms with E-state index < -0.39 is 9.84 Å². The highest BCUT2D eigenvalue weighted by molar-refractivity contribution is 7.91. The number of hydrogen-bond acceptors (Lipinski definition) is 3. The molecule has 1 rings (SSSR count). The zero-order valence-corrected chi connectivity index (χ0v) is 5.89. The maximum Gasteiger partial charge on any atom is 0.151 e. The average molecular weight is 148 g/mol. The molecule has 0 aromatic heterocycles. The second-order valence-electron chi connectivity index (χ2n) is 2.30. The number of rotatable bonds is 0.